The van der Waals surface area contributed by atoms with Crippen LogP contribution in [-0.4, -0.2) is 15.2 Å². The van der Waals surface area contributed by atoms with Crippen molar-refractivity contribution in [3.05, 3.63) is 30.7 Å². The first-order valence-corrected chi connectivity index (χ1v) is 4.87. The fourth-order valence-corrected chi connectivity index (χ4v) is 2.12. The van der Waals surface area contributed by atoms with Crippen LogP contribution in [0.15, 0.2) is 35.1 Å². The molecular weight excluding hydrogens is 198 g/mol. The number of benzene rings is 1. The summed E-state index contributed by atoms with van der Waals surface area (Å²) >= 11 is 1.55. The highest BCUT2D eigenvalue weighted by atomic mass is 32.1. The fraction of sp³-hybridized carbons (Fsp3) is 0. The van der Waals surface area contributed by atoms with Crippen molar-refractivity contribution in [3.63, 3.8) is 0 Å². The van der Waals surface area contributed by atoms with Gasteiger partial charge >= 0.3 is 0 Å². The van der Waals surface area contributed by atoms with Crippen LogP contribution in [0.1, 0.15) is 0 Å². The Hall–Kier alpha value is -1.75. The SMILES string of the molecule is c1ccc2sc(-c3nnco3)nc2c1. The van der Waals surface area contributed by atoms with Gasteiger partial charge in [0.2, 0.25) is 6.39 Å². The maximum Gasteiger partial charge on any atom is 0.276 e. The first-order valence-electron chi connectivity index (χ1n) is 4.05. The zero-order chi connectivity index (χ0) is 9.38. The predicted molar refractivity (Wildman–Crippen MR) is 52.9 cm³/mol. The maximum atomic E-state index is 5.07. The van der Waals surface area contributed by atoms with Gasteiger partial charge in [-0.15, -0.1) is 21.5 Å². The molecule has 0 radical (unpaired) electrons. The van der Waals surface area contributed by atoms with Crippen molar-refractivity contribution in [1.82, 2.24) is 15.2 Å². The lowest BCUT2D eigenvalue weighted by Crippen LogP contribution is -1.74. The van der Waals surface area contributed by atoms with Gasteiger partial charge in [0.25, 0.3) is 5.89 Å². The lowest BCUT2D eigenvalue weighted by Gasteiger charge is -1.81. The molecule has 4 nitrogen and oxygen atoms in total. The molecule has 0 bridgehead atoms. The molecule has 68 valence electrons. The van der Waals surface area contributed by atoms with E-state index < -0.39 is 0 Å². The topological polar surface area (TPSA) is 51.8 Å². The van der Waals surface area contributed by atoms with Crippen LogP contribution in [0.3, 0.4) is 0 Å². The molecule has 14 heavy (non-hydrogen) atoms. The van der Waals surface area contributed by atoms with Crippen LogP contribution in [0.2, 0.25) is 0 Å². The maximum absolute atomic E-state index is 5.07. The summed E-state index contributed by atoms with van der Waals surface area (Å²) in [7, 11) is 0. The Balaban J connectivity index is 2.24. The van der Waals surface area contributed by atoms with Crippen molar-refractivity contribution in [2.75, 3.05) is 0 Å². The highest BCUT2D eigenvalue weighted by Gasteiger charge is 2.09. The van der Waals surface area contributed by atoms with Gasteiger partial charge in [-0.25, -0.2) is 4.98 Å². The van der Waals surface area contributed by atoms with E-state index in [0.717, 1.165) is 15.2 Å². The number of nitrogens with zero attached hydrogens (tertiary/aromatic N) is 3. The monoisotopic (exact) mass is 203 g/mol. The van der Waals surface area contributed by atoms with Crippen molar-refractivity contribution in [3.8, 4) is 10.9 Å². The van der Waals surface area contributed by atoms with Crippen LogP contribution in [-0.2, 0) is 0 Å². The predicted octanol–water partition coefficient (Wildman–Crippen LogP) is 2.35. The van der Waals surface area contributed by atoms with E-state index in [4.69, 9.17) is 4.42 Å². The Bertz CT molecular complexity index is 525. The molecule has 0 saturated carbocycles. The molecule has 0 atom stereocenters. The molecule has 0 aliphatic rings. The van der Waals surface area contributed by atoms with Gasteiger partial charge in [0, 0.05) is 0 Å². The molecule has 2 heterocycles. The largest absolute Gasteiger partial charge is 0.422 e. The molecule has 0 fully saturated rings. The number of hydrogen-bond donors (Lipinski definition) is 0. The molecule has 5 heteroatoms. The molecule has 3 aromatic rings. The Kier molecular flexibility index (Phi) is 1.57. The number of thiazole rings is 1. The molecule has 0 saturated heterocycles. The molecule has 0 amide bonds. The average Bonchev–Trinajstić information content (AvgIpc) is 2.86. The van der Waals surface area contributed by atoms with Gasteiger partial charge in [-0.2, -0.15) is 0 Å². The molecule has 0 N–H and O–H groups in total. The first-order chi connectivity index (χ1) is 6.93. The minimum Gasteiger partial charge on any atom is -0.422 e. The van der Waals surface area contributed by atoms with E-state index in [-0.39, 0.29) is 0 Å². The van der Waals surface area contributed by atoms with Gasteiger partial charge < -0.3 is 4.42 Å². The Morgan fingerprint density at radius 2 is 2.14 bits per heavy atom. The molecule has 0 aliphatic carbocycles. The summed E-state index contributed by atoms with van der Waals surface area (Å²) in [6, 6.07) is 7.93. The van der Waals surface area contributed by atoms with E-state index >= 15 is 0 Å². The van der Waals surface area contributed by atoms with Crippen LogP contribution in [0.5, 0.6) is 0 Å². The molecule has 2 aromatic heterocycles. The Morgan fingerprint density at radius 1 is 1.21 bits per heavy atom. The number of para-hydroxylation sites is 1. The summed E-state index contributed by atoms with van der Waals surface area (Å²) in [5.41, 5.74) is 0.964. The van der Waals surface area contributed by atoms with Crippen LogP contribution in [0, 0.1) is 0 Å². The number of fused-ring (bicyclic) bond motifs is 1. The Morgan fingerprint density at radius 3 is 2.93 bits per heavy atom. The summed E-state index contributed by atoms with van der Waals surface area (Å²) in [5, 5.41) is 8.20. The third-order valence-electron chi connectivity index (χ3n) is 1.84. The average molecular weight is 203 g/mol. The second-order valence-corrected chi connectivity index (χ2v) is 3.76. The van der Waals surface area contributed by atoms with Crippen molar-refractivity contribution >= 4 is 21.6 Å². The minimum atomic E-state index is 0.478. The van der Waals surface area contributed by atoms with Gasteiger partial charge in [-0.05, 0) is 12.1 Å². The van der Waals surface area contributed by atoms with Gasteiger partial charge in [-0.3, -0.25) is 0 Å². The highest BCUT2D eigenvalue weighted by molar-refractivity contribution is 7.21. The summed E-state index contributed by atoms with van der Waals surface area (Å²) in [5.74, 6) is 0.478. The molecule has 0 aliphatic heterocycles. The Labute approximate surface area is 83.2 Å². The third-order valence-corrected chi connectivity index (χ3v) is 2.86. The summed E-state index contributed by atoms with van der Waals surface area (Å²) in [4.78, 5) is 4.38. The number of hydrogen-bond acceptors (Lipinski definition) is 5. The van der Waals surface area contributed by atoms with Gasteiger partial charge in [0.1, 0.15) is 0 Å². The van der Waals surface area contributed by atoms with Crippen molar-refractivity contribution in [2.45, 2.75) is 0 Å². The highest BCUT2D eigenvalue weighted by Crippen LogP contribution is 2.28. The minimum absolute atomic E-state index is 0.478. The molecule has 0 spiro atoms. The molecule has 1 aromatic carbocycles. The molecule has 3 rings (SSSR count). The van der Waals surface area contributed by atoms with Crippen molar-refractivity contribution in [2.24, 2.45) is 0 Å². The zero-order valence-electron chi connectivity index (χ0n) is 7.04. The summed E-state index contributed by atoms with van der Waals surface area (Å²) < 4.78 is 6.20. The number of rotatable bonds is 1. The van der Waals surface area contributed by atoms with E-state index in [2.05, 4.69) is 15.2 Å². The molecule has 0 unspecified atom stereocenters. The van der Waals surface area contributed by atoms with E-state index in [1.807, 2.05) is 24.3 Å². The van der Waals surface area contributed by atoms with E-state index in [1.165, 1.54) is 6.39 Å². The second-order valence-electron chi connectivity index (χ2n) is 2.73. The fourth-order valence-electron chi connectivity index (χ4n) is 1.23. The third kappa shape index (κ3) is 1.10. The van der Waals surface area contributed by atoms with Crippen LogP contribution >= 0.6 is 11.3 Å². The second kappa shape index (κ2) is 2.88. The van der Waals surface area contributed by atoms with E-state index in [9.17, 15) is 0 Å². The first kappa shape index (κ1) is 7.64. The lowest BCUT2D eigenvalue weighted by molar-refractivity contribution is 0.568. The standard InChI is InChI=1S/C9H5N3OS/c1-2-4-7-6(3-1)11-9(14-7)8-12-10-5-13-8/h1-5H. The molecular formula is C9H5N3OS. The van der Waals surface area contributed by atoms with Gasteiger partial charge in [0.05, 0.1) is 10.2 Å². The van der Waals surface area contributed by atoms with E-state index in [0.29, 0.717) is 5.89 Å². The van der Waals surface area contributed by atoms with Gasteiger partial charge in [0.15, 0.2) is 5.01 Å². The van der Waals surface area contributed by atoms with Gasteiger partial charge in [-0.1, -0.05) is 12.1 Å². The van der Waals surface area contributed by atoms with Crippen LogP contribution < -0.4 is 0 Å². The lowest BCUT2D eigenvalue weighted by atomic mass is 10.3. The van der Waals surface area contributed by atoms with Crippen molar-refractivity contribution in [1.29, 1.82) is 0 Å². The van der Waals surface area contributed by atoms with E-state index in [1.54, 1.807) is 11.3 Å². The quantitative estimate of drug-likeness (QED) is 0.609. The zero-order valence-corrected chi connectivity index (χ0v) is 7.86. The number of aromatic nitrogens is 3. The smallest absolute Gasteiger partial charge is 0.276 e. The van der Waals surface area contributed by atoms with Crippen LogP contribution in [0.4, 0.5) is 0 Å². The summed E-state index contributed by atoms with van der Waals surface area (Å²) in [6.07, 6.45) is 1.31. The summed E-state index contributed by atoms with van der Waals surface area (Å²) in [6.45, 7) is 0. The normalized spacial score (nSPS) is 10.9. The van der Waals surface area contributed by atoms with Crippen molar-refractivity contribution < 1.29 is 4.42 Å². The van der Waals surface area contributed by atoms with Crippen LogP contribution in [0.25, 0.3) is 21.1 Å².